The first-order valence-electron chi connectivity index (χ1n) is 5.07. The monoisotopic (exact) mass is 306 g/mol. The Balaban J connectivity index is 2.86. The Morgan fingerprint density at radius 3 is 2.56 bits per heavy atom. The standard InChI is InChI=1S/C11H15BrO3S/c1-9-8-10(4-5-11(9)12)16(14,15)7-3-2-6-13/h4-5,8,13H,2-3,6-7H2,1H3. The third-order valence-electron chi connectivity index (χ3n) is 2.31. The number of hydrogen-bond donors (Lipinski definition) is 1. The van der Waals surface area contributed by atoms with Crippen LogP contribution in [0.25, 0.3) is 0 Å². The molecule has 3 nitrogen and oxygen atoms in total. The minimum Gasteiger partial charge on any atom is -0.396 e. The molecule has 0 saturated carbocycles. The molecule has 0 saturated heterocycles. The Hall–Kier alpha value is -0.390. The molecule has 1 aromatic carbocycles. The van der Waals surface area contributed by atoms with E-state index in [1.807, 2.05) is 6.92 Å². The summed E-state index contributed by atoms with van der Waals surface area (Å²) in [5, 5.41) is 8.61. The van der Waals surface area contributed by atoms with Crippen molar-refractivity contribution in [3.05, 3.63) is 28.2 Å². The van der Waals surface area contributed by atoms with Crippen molar-refractivity contribution in [2.75, 3.05) is 12.4 Å². The fourth-order valence-corrected chi connectivity index (χ4v) is 3.03. The average Bonchev–Trinajstić information content (AvgIpc) is 2.22. The molecular weight excluding hydrogens is 292 g/mol. The highest BCUT2D eigenvalue weighted by molar-refractivity contribution is 9.10. The minimum absolute atomic E-state index is 0.0366. The number of benzene rings is 1. The molecule has 0 atom stereocenters. The van der Waals surface area contributed by atoms with E-state index in [1.165, 1.54) is 0 Å². The lowest BCUT2D eigenvalue weighted by molar-refractivity contribution is 0.287. The summed E-state index contributed by atoms with van der Waals surface area (Å²) in [5.74, 6) is 0.0919. The Morgan fingerprint density at radius 2 is 2.00 bits per heavy atom. The number of aliphatic hydroxyl groups excluding tert-OH is 1. The topological polar surface area (TPSA) is 54.4 Å². The van der Waals surface area contributed by atoms with Crippen molar-refractivity contribution in [3.63, 3.8) is 0 Å². The van der Waals surface area contributed by atoms with Crippen LogP contribution in [0.1, 0.15) is 18.4 Å². The predicted molar refractivity (Wildman–Crippen MR) is 67.3 cm³/mol. The fraction of sp³-hybridized carbons (Fsp3) is 0.455. The fourth-order valence-electron chi connectivity index (χ4n) is 1.33. The Kier molecular flexibility index (Phi) is 4.95. The van der Waals surface area contributed by atoms with Crippen LogP contribution in [0.2, 0.25) is 0 Å². The van der Waals surface area contributed by atoms with E-state index in [-0.39, 0.29) is 12.4 Å². The first-order valence-corrected chi connectivity index (χ1v) is 7.51. The lowest BCUT2D eigenvalue weighted by atomic mass is 10.2. The van der Waals surface area contributed by atoms with Crippen molar-refractivity contribution in [1.29, 1.82) is 0 Å². The van der Waals surface area contributed by atoms with E-state index in [4.69, 9.17) is 5.11 Å². The van der Waals surface area contributed by atoms with E-state index in [9.17, 15) is 8.42 Å². The van der Waals surface area contributed by atoms with E-state index in [1.54, 1.807) is 18.2 Å². The molecule has 0 heterocycles. The molecule has 0 aliphatic carbocycles. The number of aliphatic hydroxyl groups is 1. The second kappa shape index (κ2) is 5.80. The van der Waals surface area contributed by atoms with Gasteiger partial charge in [-0.3, -0.25) is 0 Å². The summed E-state index contributed by atoms with van der Waals surface area (Å²) >= 11 is 3.33. The Morgan fingerprint density at radius 1 is 1.31 bits per heavy atom. The molecule has 0 radical (unpaired) electrons. The Labute approximate surface area is 105 Å². The third-order valence-corrected chi connectivity index (χ3v) is 5.00. The summed E-state index contributed by atoms with van der Waals surface area (Å²) in [6, 6.07) is 5.01. The van der Waals surface area contributed by atoms with Gasteiger partial charge in [0.1, 0.15) is 0 Å². The van der Waals surface area contributed by atoms with Gasteiger partial charge < -0.3 is 5.11 Å². The van der Waals surface area contributed by atoms with E-state index in [2.05, 4.69) is 15.9 Å². The van der Waals surface area contributed by atoms with Gasteiger partial charge in [0.15, 0.2) is 9.84 Å². The maximum atomic E-state index is 11.9. The van der Waals surface area contributed by atoms with Crippen molar-refractivity contribution in [2.45, 2.75) is 24.7 Å². The maximum Gasteiger partial charge on any atom is 0.178 e. The minimum atomic E-state index is -3.20. The van der Waals surface area contributed by atoms with E-state index >= 15 is 0 Å². The number of rotatable bonds is 5. The molecule has 16 heavy (non-hydrogen) atoms. The van der Waals surface area contributed by atoms with Gasteiger partial charge in [0, 0.05) is 11.1 Å². The SMILES string of the molecule is Cc1cc(S(=O)(=O)CCCCO)ccc1Br. The zero-order valence-electron chi connectivity index (χ0n) is 9.11. The van der Waals surface area contributed by atoms with Crippen LogP contribution < -0.4 is 0 Å². The summed E-state index contributed by atoms with van der Waals surface area (Å²) in [6.45, 7) is 1.89. The molecule has 0 unspecified atom stereocenters. The van der Waals surface area contributed by atoms with E-state index < -0.39 is 9.84 Å². The Bertz CT molecular complexity index is 454. The molecule has 0 amide bonds. The van der Waals surface area contributed by atoms with Crippen LogP contribution >= 0.6 is 15.9 Å². The molecule has 0 fully saturated rings. The number of aryl methyl sites for hydroxylation is 1. The third kappa shape index (κ3) is 3.57. The molecule has 0 aromatic heterocycles. The van der Waals surface area contributed by atoms with Crippen molar-refractivity contribution in [1.82, 2.24) is 0 Å². The smallest absolute Gasteiger partial charge is 0.178 e. The number of unbranched alkanes of at least 4 members (excludes halogenated alkanes) is 1. The molecule has 0 bridgehead atoms. The molecule has 0 aliphatic heterocycles. The van der Waals surface area contributed by atoms with Gasteiger partial charge in [0.05, 0.1) is 10.6 Å². The van der Waals surface area contributed by atoms with Gasteiger partial charge in [0.25, 0.3) is 0 Å². The van der Waals surface area contributed by atoms with Crippen LogP contribution in [0.4, 0.5) is 0 Å². The lowest BCUT2D eigenvalue weighted by Gasteiger charge is -2.06. The maximum absolute atomic E-state index is 11.9. The van der Waals surface area contributed by atoms with Crippen LogP contribution in [0.5, 0.6) is 0 Å². The van der Waals surface area contributed by atoms with Crippen molar-refractivity contribution in [2.24, 2.45) is 0 Å². The van der Waals surface area contributed by atoms with Gasteiger partial charge in [-0.1, -0.05) is 15.9 Å². The lowest BCUT2D eigenvalue weighted by Crippen LogP contribution is -2.07. The van der Waals surface area contributed by atoms with Crippen LogP contribution in [0.3, 0.4) is 0 Å². The normalized spacial score (nSPS) is 11.7. The van der Waals surface area contributed by atoms with Gasteiger partial charge in [-0.2, -0.15) is 0 Å². The van der Waals surface area contributed by atoms with Crippen LogP contribution in [-0.2, 0) is 9.84 Å². The van der Waals surface area contributed by atoms with Gasteiger partial charge in [-0.25, -0.2) is 8.42 Å². The van der Waals surface area contributed by atoms with Crippen LogP contribution in [0.15, 0.2) is 27.6 Å². The van der Waals surface area contributed by atoms with Crippen LogP contribution in [0, 0.1) is 6.92 Å². The summed E-state index contributed by atoms with van der Waals surface area (Å²) in [4.78, 5) is 0.353. The molecular formula is C11H15BrO3S. The van der Waals surface area contributed by atoms with E-state index in [0.29, 0.717) is 17.7 Å². The highest BCUT2D eigenvalue weighted by Crippen LogP contribution is 2.21. The summed E-state index contributed by atoms with van der Waals surface area (Å²) in [5.41, 5.74) is 0.906. The predicted octanol–water partition coefficient (Wildman–Crippen LogP) is 2.30. The number of sulfone groups is 1. The highest BCUT2D eigenvalue weighted by Gasteiger charge is 2.14. The van der Waals surface area contributed by atoms with Crippen molar-refractivity contribution < 1.29 is 13.5 Å². The van der Waals surface area contributed by atoms with E-state index in [0.717, 1.165) is 10.0 Å². The molecule has 1 rings (SSSR count). The quantitative estimate of drug-likeness (QED) is 0.849. The highest BCUT2D eigenvalue weighted by atomic mass is 79.9. The number of hydrogen-bond acceptors (Lipinski definition) is 3. The second-order valence-corrected chi connectivity index (χ2v) is 6.62. The summed E-state index contributed by atoms with van der Waals surface area (Å²) in [7, 11) is -3.20. The largest absolute Gasteiger partial charge is 0.396 e. The second-order valence-electron chi connectivity index (χ2n) is 3.66. The first-order chi connectivity index (χ1) is 7.47. The van der Waals surface area contributed by atoms with Gasteiger partial charge in [-0.15, -0.1) is 0 Å². The molecule has 1 aromatic rings. The van der Waals surface area contributed by atoms with Gasteiger partial charge >= 0.3 is 0 Å². The van der Waals surface area contributed by atoms with Crippen molar-refractivity contribution in [3.8, 4) is 0 Å². The zero-order valence-corrected chi connectivity index (χ0v) is 11.5. The molecule has 90 valence electrons. The molecule has 5 heteroatoms. The first kappa shape index (κ1) is 13.7. The average molecular weight is 307 g/mol. The van der Waals surface area contributed by atoms with Gasteiger partial charge in [0.2, 0.25) is 0 Å². The zero-order chi connectivity index (χ0) is 12.2. The molecule has 0 spiro atoms. The van der Waals surface area contributed by atoms with Crippen LogP contribution in [-0.4, -0.2) is 25.9 Å². The van der Waals surface area contributed by atoms with Crippen molar-refractivity contribution >= 4 is 25.8 Å². The summed E-state index contributed by atoms with van der Waals surface area (Å²) < 4.78 is 24.7. The summed E-state index contributed by atoms with van der Waals surface area (Å²) in [6.07, 6.45) is 1.02. The molecule has 0 aliphatic rings. The number of halogens is 1. The van der Waals surface area contributed by atoms with Gasteiger partial charge in [-0.05, 0) is 43.5 Å². The molecule has 1 N–H and O–H groups in total.